The molecule has 0 aliphatic carbocycles. The molecule has 29 heavy (non-hydrogen) atoms. The van der Waals surface area contributed by atoms with Crippen molar-refractivity contribution in [2.75, 3.05) is 16.8 Å². The van der Waals surface area contributed by atoms with Gasteiger partial charge in [-0.2, -0.15) is 23.2 Å². The summed E-state index contributed by atoms with van der Waals surface area (Å²) < 4.78 is 0. The molecule has 2 amide bonds. The first-order valence-corrected chi connectivity index (χ1v) is 9.44. The van der Waals surface area contributed by atoms with Crippen LogP contribution in [0.1, 0.15) is 21.9 Å². The summed E-state index contributed by atoms with van der Waals surface area (Å²) in [5, 5.41) is 20.6. The maximum atomic E-state index is 13.0. The first-order chi connectivity index (χ1) is 14.1. The highest BCUT2D eigenvalue weighted by Gasteiger charge is 2.20. The van der Waals surface area contributed by atoms with Crippen LogP contribution in [0, 0.1) is 22.7 Å². The molecule has 0 bridgehead atoms. The van der Waals surface area contributed by atoms with E-state index in [9.17, 15) is 4.79 Å². The minimum atomic E-state index is -0.325. The molecule has 0 radical (unpaired) electrons. The number of nitriles is 2. The molecule has 0 saturated heterocycles. The molecule has 0 spiro atoms. The van der Waals surface area contributed by atoms with Gasteiger partial charge in [-0.25, -0.2) is 4.79 Å². The van der Waals surface area contributed by atoms with Gasteiger partial charge in [-0.05, 0) is 54.1 Å². The number of amides is 2. The lowest BCUT2D eigenvalue weighted by molar-refractivity contribution is 0.257. The van der Waals surface area contributed by atoms with E-state index < -0.39 is 0 Å². The number of nitrogens with one attached hydrogen (secondary N) is 1. The summed E-state index contributed by atoms with van der Waals surface area (Å²) in [7, 11) is 0. The van der Waals surface area contributed by atoms with Crippen LogP contribution in [0.2, 0.25) is 0 Å². The highest BCUT2D eigenvalue weighted by Crippen LogP contribution is 2.25. The van der Waals surface area contributed by atoms with Gasteiger partial charge in [-0.1, -0.05) is 30.3 Å². The Morgan fingerprint density at radius 3 is 2.00 bits per heavy atom. The number of anilines is 2. The zero-order chi connectivity index (χ0) is 20.6. The number of nitrogens with zero attached hydrogens (tertiary/aromatic N) is 3. The van der Waals surface area contributed by atoms with Crippen molar-refractivity contribution in [1.29, 1.82) is 10.5 Å². The maximum Gasteiger partial charge on any atom is 0.326 e. The van der Waals surface area contributed by atoms with Gasteiger partial charge in [0.1, 0.15) is 0 Å². The van der Waals surface area contributed by atoms with Gasteiger partial charge in [0, 0.05) is 23.2 Å². The van der Waals surface area contributed by atoms with Crippen molar-refractivity contribution < 1.29 is 4.79 Å². The molecule has 3 aromatic rings. The standard InChI is InChI=1S/C23H18N4OS/c24-14-17-6-10-20(11-7-17)26-23(28)27(21-12-8-18(15-25)9-13-21)16-22(29)19-4-2-1-3-5-19/h1-13,22,29H,16H2,(H,26,28). The monoisotopic (exact) mass is 398 g/mol. The Morgan fingerprint density at radius 2 is 1.45 bits per heavy atom. The fourth-order valence-corrected chi connectivity index (χ4v) is 3.13. The van der Waals surface area contributed by atoms with E-state index in [0.29, 0.717) is 29.0 Å². The van der Waals surface area contributed by atoms with Crippen molar-refractivity contribution in [3.63, 3.8) is 0 Å². The van der Waals surface area contributed by atoms with E-state index in [1.54, 1.807) is 53.4 Å². The molecule has 6 heteroatoms. The highest BCUT2D eigenvalue weighted by atomic mass is 32.1. The number of hydrogen-bond acceptors (Lipinski definition) is 4. The Morgan fingerprint density at radius 1 is 0.897 bits per heavy atom. The lowest BCUT2D eigenvalue weighted by Gasteiger charge is -2.26. The molecule has 0 fully saturated rings. The van der Waals surface area contributed by atoms with Crippen LogP contribution < -0.4 is 10.2 Å². The summed E-state index contributed by atoms with van der Waals surface area (Å²) in [5.41, 5.74) is 3.28. The van der Waals surface area contributed by atoms with Crippen LogP contribution in [0.25, 0.3) is 0 Å². The number of urea groups is 1. The van der Waals surface area contributed by atoms with E-state index in [1.807, 2.05) is 30.3 Å². The van der Waals surface area contributed by atoms with E-state index >= 15 is 0 Å². The molecule has 1 unspecified atom stereocenters. The van der Waals surface area contributed by atoms with Crippen LogP contribution in [-0.4, -0.2) is 12.6 Å². The van der Waals surface area contributed by atoms with Crippen molar-refractivity contribution in [2.45, 2.75) is 5.25 Å². The Labute approximate surface area is 175 Å². The molecule has 142 valence electrons. The van der Waals surface area contributed by atoms with Gasteiger partial charge < -0.3 is 5.32 Å². The smallest absolute Gasteiger partial charge is 0.308 e. The summed E-state index contributed by atoms with van der Waals surface area (Å²) in [6, 6.07) is 27.0. The van der Waals surface area contributed by atoms with E-state index in [0.717, 1.165) is 5.56 Å². The number of hydrogen-bond donors (Lipinski definition) is 2. The second-order valence-electron chi connectivity index (χ2n) is 6.32. The summed E-state index contributed by atoms with van der Waals surface area (Å²) in [5.74, 6) is 0. The lowest BCUT2D eigenvalue weighted by Crippen LogP contribution is -2.37. The predicted molar refractivity (Wildman–Crippen MR) is 117 cm³/mol. The first kappa shape index (κ1) is 20.0. The van der Waals surface area contributed by atoms with E-state index in [2.05, 4.69) is 30.1 Å². The predicted octanol–water partition coefficient (Wildman–Crippen LogP) is 5.14. The van der Waals surface area contributed by atoms with Crippen LogP contribution in [0.4, 0.5) is 16.2 Å². The molecule has 0 aliphatic heterocycles. The number of rotatable bonds is 5. The molecule has 0 aromatic heterocycles. The summed E-state index contributed by atoms with van der Waals surface area (Å²) in [6.45, 7) is 0.334. The average molecular weight is 398 g/mol. The quantitative estimate of drug-likeness (QED) is 0.584. The molecule has 0 heterocycles. The SMILES string of the molecule is N#Cc1ccc(NC(=O)N(CC(S)c2ccccc2)c2ccc(C#N)cc2)cc1. The molecular weight excluding hydrogens is 380 g/mol. The van der Waals surface area contributed by atoms with Crippen molar-refractivity contribution in [3.8, 4) is 12.1 Å². The third-order valence-electron chi connectivity index (χ3n) is 4.36. The normalized spacial score (nSPS) is 11.0. The van der Waals surface area contributed by atoms with Crippen molar-refractivity contribution in [3.05, 3.63) is 95.6 Å². The number of thiol groups is 1. The molecule has 3 rings (SSSR count). The molecule has 5 nitrogen and oxygen atoms in total. The van der Waals surface area contributed by atoms with Gasteiger partial charge in [0.15, 0.2) is 0 Å². The first-order valence-electron chi connectivity index (χ1n) is 8.92. The Bertz CT molecular complexity index is 1050. The van der Waals surface area contributed by atoms with Gasteiger partial charge in [0.05, 0.1) is 23.3 Å². The largest absolute Gasteiger partial charge is 0.326 e. The second-order valence-corrected chi connectivity index (χ2v) is 6.94. The minimum Gasteiger partial charge on any atom is -0.308 e. The molecule has 3 aromatic carbocycles. The molecule has 0 aliphatic rings. The Hall–Kier alpha value is -3.74. The van der Waals surface area contributed by atoms with Crippen molar-refractivity contribution >= 4 is 30.0 Å². The Balaban J connectivity index is 1.85. The van der Waals surface area contributed by atoms with Gasteiger partial charge in [0.25, 0.3) is 0 Å². The fraction of sp³-hybridized carbons (Fsp3) is 0.0870. The second kappa shape index (κ2) is 9.45. The van der Waals surface area contributed by atoms with Gasteiger partial charge in [0.2, 0.25) is 0 Å². The van der Waals surface area contributed by atoms with Crippen LogP contribution in [0.15, 0.2) is 78.9 Å². The van der Waals surface area contributed by atoms with Crippen molar-refractivity contribution in [2.24, 2.45) is 0 Å². The number of benzene rings is 3. The van der Waals surface area contributed by atoms with Gasteiger partial charge >= 0.3 is 6.03 Å². The average Bonchev–Trinajstić information content (AvgIpc) is 2.78. The summed E-state index contributed by atoms with van der Waals surface area (Å²) in [6.07, 6.45) is 0. The summed E-state index contributed by atoms with van der Waals surface area (Å²) >= 11 is 4.68. The Kier molecular flexibility index (Phi) is 6.52. The molecular formula is C23H18N4OS. The van der Waals surface area contributed by atoms with E-state index in [-0.39, 0.29) is 11.3 Å². The molecule has 1 N–H and O–H groups in total. The lowest BCUT2D eigenvalue weighted by atomic mass is 10.1. The van der Waals surface area contributed by atoms with Crippen LogP contribution in [-0.2, 0) is 0 Å². The van der Waals surface area contributed by atoms with Crippen LogP contribution in [0.5, 0.6) is 0 Å². The maximum absolute atomic E-state index is 13.0. The number of carbonyl (C=O) groups is 1. The van der Waals surface area contributed by atoms with Gasteiger partial charge in [-0.15, -0.1) is 0 Å². The fourth-order valence-electron chi connectivity index (χ4n) is 2.79. The van der Waals surface area contributed by atoms with Gasteiger partial charge in [-0.3, -0.25) is 4.90 Å². The third-order valence-corrected chi connectivity index (χ3v) is 4.82. The van der Waals surface area contributed by atoms with Crippen LogP contribution >= 0.6 is 12.6 Å². The molecule has 0 saturated carbocycles. The number of carbonyl (C=O) groups excluding carboxylic acids is 1. The van der Waals surface area contributed by atoms with E-state index in [1.165, 1.54) is 0 Å². The van der Waals surface area contributed by atoms with E-state index in [4.69, 9.17) is 10.5 Å². The zero-order valence-corrected chi connectivity index (χ0v) is 16.4. The zero-order valence-electron chi connectivity index (χ0n) is 15.5. The molecule has 1 atom stereocenters. The highest BCUT2D eigenvalue weighted by molar-refractivity contribution is 7.80. The third kappa shape index (κ3) is 5.16. The van der Waals surface area contributed by atoms with Crippen molar-refractivity contribution in [1.82, 2.24) is 0 Å². The topological polar surface area (TPSA) is 79.9 Å². The summed E-state index contributed by atoms with van der Waals surface area (Å²) in [4.78, 5) is 14.6. The minimum absolute atomic E-state index is 0.196. The van der Waals surface area contributed by atoms with Crippen LogP contribution in [0.3, 0.4) is 0 Å².